The lowest BCUT2D eigenvalue weighted by atomic mass is 9.93. The average molecular weight is 351 g/mol. The molecule has 0 bridgehead atoms. The van der Waals surface area contributed by atoms with E-state index in [4.69, 9.17) is 4.74 Å². The van der Waals surface area contributed by atoms with Gasteiger partial charge in [0.1, 0.15) is 0 Å². The van der Waals surface area contributed by atoms with E-state index < -0.39 is 16.8 Å². The van der Waals surface area contributed by atoms with E-state index in [1.807, 2.05) is 32.8 Å². The monoisotopic (exact) mass is 351 g/mol. The molecule has 0 spiro atoms. The quantitative estimate of drug-likeness (QED) is 0.437. The van der Waals surface area contributed by atoms with Crippen molar-refractivity contribution in [1.82, 2.24) is 10.2 Å². The highest BCUT2D eigenvalue weighted by Gasteiger charge is 2.22. The molecule has 0 atom stereocenters. The molecule has 0 aromatic heterocycles. The Morgan fingerprint density at radius 3 is 2.36 bits per heavy atom. The first-order chi connectivity index (χ1) is 11.6. The van der Waals surface area contributed by atoms with Crippen LogP contribution in [0, 0.1) is 15.5 Å². The van der Waals surface area contributed by atoms with E-state index >= 15 is 0 Å². The van der Waals surface area contributed by atoms with Gasteiger partial charge in [0.05, 0.1) is 17.1 Å². The Labute approximate surface area is 147 Å². The highest BCUT2D eigenvalue weighted by molar-refractivity contribution is 5.99. The van der Waals surface area contributed by atoms with Crippen LogP contribution in [-0.2, 0) is 4.74 Å². The number of esters is 1. The zero-order valence-electron chi connectivity index (χ0n) is 15.3. The Balaban J connectivity index is 3.00. The number of benzene rings is 1. The van der Waals surface area contributed by atoms with Gasteiger partial charge >= 0.3 is 5.97 Å². The van der Waals surface area contributed by atoms with Crippen LogP contribution >= 0.6 is 0 Å². The van der Waals surface area contributed by atoms with E-state index in [9.17, 15) is 19.7 Å². The number of nitrogens with one attached hydrogen (secondary N) is 1. The summed E-state index contributed by atoms with van der Waals surface area (Å²) in [5.74, 6) is -1.17. The second kappa shape index (κ2) is 8.57. The third-order valence-electron chi connectivity index (χ3n) is 3.37. The molecule has 1 aromatic carbocycles. The van der Waals surface area contributed by atoms with Crippen LogP contribution < -0.4 is 5.32 Å². The highest BCUT2D eigenvalue weighted by atomic mass is 16.6. The third kappa shape index (κ3) is 6.50. The Hall–Kier alpha value is -2.48. The van der Waals surface area contributed by atoms with Gasteiger partial charge in [0.25, 0.3) is 11.6 Å². The summed E-state index contributed by atoms with van der Waals surface area (Å²) in [6.45, 7) is 6.94. The van der Waals surface area contributed by atoms with E-state index in [2.05, 4.69) is 5.32 Å². The van der Waals surface area contributed by atoms with Crippen LogP contribution in [0.4, 0.5) is 5.69 Å². The maximum absolute atomic E-state index is 12.4. The molecule has 0 unspecified atom stereocenters. The largest absolute Gasteiger partial charge is 0.462 e. The standard InChI is InChI=1S/C17H25N3O5/c1-6-25-16(22)13-7-12(8-14(9-13)20(23)24)15(21)18-10-17(2,3)11-19(4)5/h7-9H,6,10-11H2,1-5H3,(H,18,21). The number of nitro groups is 1. The first-order valence-corrected chi connectivity index (χ1v) is 7.95. The summed E-state index contributed by atoms with van der Waals surface area (Å²) in [6, 6.07) is 3.56. The normalized spacial score (nSPS) is 11.3. The summed E-state index contributed by atoms with van der Waals surface area (Å²) in [7, 11) is 3.88. The molecule has 0 saturated carbocycles. The number of amides is 1. The lowest BCUT2D eigenvalue weighted by Gasteiger charge is -2.28. The maximum atomic E-state index is 12.4. The van der Waals surface area contributed by atoms with Crippen molar-refractivity contribution in [2.45, 2.75) is 20.8 Å². The second-order valence-electron chi connectivity index (χ2n) is 6.83. The molecule has 25 heavy (non-hydrogen) atoms. The lowest BCUT2D eigenvalue weighted by molar-refractivity contribution is -0.384. The van der Waals surface area contributed by atoms with Crippen molar-refractivity contribution < 1.29 is 19.2 Å². The summed E-state index contributed by atoms with van der Waals surface area (Å²) in [6.07, 6.45) is 0. The molecule has 0 fully saturated rings. The minimum atomic E-state index is -0.701. The molecule has 138 valence electrons. The van der Waals surface area contributed by atoms with E-state index in [1.54, 1.807) is 6.92 Å². The Bertz CT molecular complexity index is 656. The van der Waals surface area contributed by atoms with Gasteiger partial charge in [-0.3, -0.25) is 14.9 Å². The number of hydrogen-bond donors (Lipinski definition) is 1. The van der Waals surface area contributed by atoms with Crippen LogP contribution in [0.2, 0.25) is 0 Å². The van der Waals surface area contributed by atoms with E-state index in [-0.39, 0.29) is 28.8 Å². The van der Waals surface area contributed by atoms with E-state index in [1.165, 1.54) is 6.07 Å². The molecule has 0 aliphatic carbocycles. The minimum absolute atomic E-state index is 0.0197. The lowest BCUT2D eigenvalue weighted by Crippen LogP contribution is -2.40. The van der Waals surface area contributed by atoms with Gasteiger partial charge < -0.3 is 15.0 Å². The average Bonchev–Trinajstić information content (AvgIpc) is 2.51. The molecule has 1 rings (SSSR count). The zero-order valence-corrected chi connectivity index (χ0v) is 15.3. The predicted molar refractivity (Wildman–Crippen MR) is 93.7 cm³/mol. The summed E-state index contributed by atoms with van der Waals surface area (Å²) < 4.78 is 4.86. The molecule has 0 radical (unpaired) electrons. The zero-order chi connectivity index (χ0) is 19.2. The number of carbonyl (C=O) groups excluding carboxylic acids is 2. The number of hydrogen-bond acceptors (Lipinski definition) is 6. The molecular formula is C17H25N3O5. The fraction of sp³-hybridized carbons (Fsp3) is 0.529. The molecule has 1 N–H and O–H groups in total. The van der Waals surface area contributed by atoms with Gasteiger partial charge in [0, 0.05) is 30.8 Å². The molecule has 1 amide bonds. The number of ether oxygens (including phenoxy) is 1. The second-order valence-corrected chi connectivity index (χ2v) is 6.83. The first kappa shape index (κ1) is 20.6. The van der Waals surface area contributed by atoms with Crippen LogP contribution in [0.25, 0.3) is 0 Å². The summed E-state index contributed by atoms with van der Waals surface area (Å²) in [5.41, 5.74) is -0.473. The maximum Gasteiger partial charge on any atom is 0.338 e. The van der Waals surface area contributed by atoms with Gasteiger partial charge in [-0.05, 0) is 32.5 Å². The Morgan fingerprint density at radius 2 is 1.84 bits per heavy atom. The van der Waals surface area contributed by atoms with Crippen molar-refractivity contribution in [3.05, 3.63) is 39.4 Å². The summed E-state index contributed by atoms with van der Waals surface area (Å²) >= 11 is 0. The van der Waals surface area contributed by atoms with Gasteiger partial charge in [-0.1, -0.05) is 13.8 Å². The Kier molecular flexibility index (Phi) is 7.05. The number of carbonyl (C=O) groups is 2. The molecule has 0 aliphatic heterocycles. The smallest absolute Gasteiger partial charge is 0.338 e. The molecular weight excluding hydrogens is 326 g/mol. The minimum Gasteiger partial charge on any atom is -0.462 e. The summed E-state index contributed by atoms with van der Waals surface area (Å²) in [4.78, 5) is 36.7. The molecule has 0 saturated heterocycles. The predicted octanol–water partition coefficient (Wildman–Crippen LogP) is 2.09. The summed E-state index contributed by atoms with van der Waals surface area (Å²) in [5, 5.41) is 13.8. The van der Waals surface area contributed by atoms with E-state index in [0.29, 0.717) is 6.54 Å². The topological polar surface area (TPSA) is 102 Å². The first-order valence-electron chi connectivity index (χ1n) is 7.95. The fourth-order valence-corrected chi connectivity index (χ4v) is 2.51. The van der Waals surface area contributed by atoms with Gasteiger partial charge in [-0.25, -0.2) is 4.79 Å². The number of non-ortho nitro benzene ring substituents is 1. The molecule has 8 nitrogen and oxygen atoms in total. The number of rotatable bonds is 8. The number of nitrogens with zero attached hydrogens (tertiary/aromatic N) is 2. The van der Waals surface area contributed by atoms with Crippen molar-refractivity contribution in [1.29, 1.82) is 0 Å². The van der Waals surface area contributed by atoms with Gasteiger partial charge in [-0.2, -0.15) is 0 Å². The van der Waals surface area contributed by atoms with Crippen LogP contribution in [0.15, 0.2) is 18.2 Å². The van der Waals surface area contributed by atoms with Crippen LogP contribution in [0.3, 0.4) is 0 Å². The molecule has 0 aliphatic rings. The van der Waals surface area contributed by atoms with Crippen LogP contribution in [0.1, 0.15) is 41.5 Å². The van der Waals surface area contributed by atoms with Crippen molar-refractivity contribution in [3.8, 4) is 0 Å². The molecule has 0 heterocycles. The van der Waals surface area contributed by atoms with Crippen molar-refractivity contribution in [2.75, 3.05) is 33.8 Å². The molecule has 1 aromatic rings. The van der Waals surface area contributed by atoms with Gasteiger partial charge in [0.15, 0.2) is 0 Å². The van der Waals surface area contributed by atoms with E-state index in [0.717, 1.165) is 18.7 Å². The third-order valence-corrected chi connectivity index (χ3v) is 3.37. The van der Waals surface area contributed by atoms with Crippen molar-refractivity contribution in [2.24, 2.45) is 5.41 Å². The van der Waals surface area contributed by atoms with Crippen molar-refractivity contribution in [3.63, 3.8) is 0 Å². The SMILES string of the molecule is CCOC(=O)c1cc(C(=O)NCC(C)(C)CN(C)C)cc([N+](=O)[O-])c1. The van der Waals surface area contributed by atoms with Gasteiger partial charge in [-0.15, -0.1) is 0 Å². The number of nitro benzene ring substituents is 1. The van der Waals surface area contributed by atoms with Crippen LogP contribution in [-0.4, -0.2) is 55.5 Å². The molecule has 8 heteroatoms. The highest BCUT2D eigenvalue weighted by Crippen LogP contribution is 2.19. The van der Waals surface area contributed by atoms with Gasteiger partial charge in [0.2, 0.25) is 0 Å². The fourth-order valence-electron chi connectivity index (χ4n) is 2.51. The van der Waals surface area contributed by atoms with Crippen LogP contribution in [0.5, 0.6) is 0 Å². The van der Waals surface area contributed by atoms with Crippen molar-refractivity contribution >= 4 is 17.6 Å². The Morgan fingerprint density at radius 1 is 1.24 bits per heavy atom.